The Morgan fingerprint density at radius 1 is 1.58 bits per heavy atom. The molecule has 0 saturated carbocycles. The maximum absolute atomic E-state index is 13.3. The summed E-state index contributed by atoms with van der Waals surface area (Å²) in [6, 6.07) is 6.22. The molecule has 0 radical (unpaired) electrons. The lowest BCUT2D eigenvalue weighted by Crippen LogP contribution is -2.32. The molecule has 1 heterocycles. The molecule has 1 aliphatic heterocycles. The van der Waals surface area contributed by atoms with E-state index >= 15 is 0 Å². The number of nitrogens with zero attached hydrogens (tertiary/aromatic N) is 2. The van der Waals surface area contributed by atoms with Gasteiger partial charge in [-0.2, -0.15) is 5.26 Å². The number of nitriles is 1. The van der Waals surface area contributed by atoms with E-state index in [0.717, 1.165) is 6.42 Å². The van der Waals surface area contributed by atoms with Gasteiger partial charge in [0.15, 0.2) is 0 Å². The first-order valence-electron chi connectivity index (χ1n) is 6.24. The summed E-state index contributed by atoms with van der Waals surface area (Å²) in [6.45, 7) is 1.17. The van der Waals surface area contributed by atoms with Crippen molar-refractivity contribution in [1.29, 1.82) is 5.26 Å². The molecule has 0 aromatic heterocycles. The normalized spacial score (nSPS) is 23.5. The molecule has 0 unspecified atom stereocenters. The van der Waals surface area contributed by atoms with Crippen LogP contribution in [0.2, 0.25) is 0 Å². The van der Waals surface area contributed by atoms with E-state index in [1.807, 2.05) is 4.90 Å². The van der Waals surface area contributed by atoms with Crippen molar-refractivity contribution in [2.75, 3.05) is 20.3 Å². The van der Waals surface area contributed by atoms with Gasteiger partial charge < -0.3 is 9.84 Å². The number of halogens is 1. The zero-order valence-electron chi connectivity index (χ0n) is 10.8. The van der Waals surface area contributed by atoms with Crippen molar-refractivity contribution in [3.05, 3.63) is 35.1 Å². The minimum atomic E-state index is -0.350. The Bertz CT molecular complexity index is 487. The monoisotopic (exact) mass is 264 g/mol. The molecule has 2 rings (SSSR count). The molecule has 1 aromatic rings. The third-order valence-electron chi connectivity index (χ3n) is 3.59. The van der Waals surface area contributed by atoms with E-state index < -0.39 is 0 Å². The molecular formula is C14H17FN2O2. The first-order valence-corrected chi connectivity index (χ1v) is 6.24. The number of hydrogen-bond donors (Lipinski definition) is 1. The van der Waals surface area contributed by atoms with Crippen LogP contribution >= 0.6 is 0 Å². The van der Waals surface area contributed by atoms with Crippen LogP contribution in [-0.2, 0) is 11.3 Å². The number of likely N-dealkylation sites (tertiary alicyclic amines) is 1. The van der Waals surface area contributed by atoms with Gasteiger partial charge in [-0.25, -0.2) is 4.39 Å². The Morgan fingerprint density at radius 3 is 3.00 bits per heavy atom. The van der Waals surface area contributed by atoms with Crippen LogP contribution in [0.5, 0.6) is 0 Å². The van der Waals surface area contributed by atoms with E-state index in [1.165, 1.54) is 18.2 Å². The molecule has 4 nitrogen and oxygen atoms in total. The standard InChI is InChI=1S/C14H17FN2O2/c1-19-14-5-13(9-18)17(8-14)7-11-4-12(15)3-2-10(11)6-16/h2-4,13-14,18H,5,7-9H2,1H3/t13-,14+/m0/s1. The van der Waals surface area contributed by atoms with Crippen molar-refractivity contribution in [2.45, 2.75) is 25.1 Å². The number of hydrogen-bond acceptors (Lipinski definition) is 4. The maximum atomic E-state index is 13.3. The van der Waals surface area contributed by atoms with Crippen LogP contribution in [0.25, 0.3) is 0 Å². The van der Waals surface area contributed by atoms with E-state index in [4.69, 9.17) is 10.00 Å². The summed E-state index contributed by atoms with van der Waals surface area (Å²) in [5.74, 6) is -0.350. The van der Waals surface area contributed by atoms with E-state index in [2.05, 4.69) is 6.07 Å². The summed E-state index contributed by atoms with van der Waals surface area (Å²) < 4.78 is 18.6. The number of aliphatic hydroxyl groups excluding tert-OH is 1. The minimum Gasteiger partial charge on any atom is -0.395 e. The summed E-state index contributed by atoms with van der Waals surface area (Å²) in [5.41, 5.74) is 1.12. The zero-order valence-corrected chi connectivity index (χ0v) is 10.8. The predicted molar refractivity (Wildman–Crippen MR) is 67.8 cm³/mol. The Balaban J connectivity index is 2.16. The fourth-order valence-electron chi connectivity index (χ4n) is 2.51. The first-order chi connectivity index (χ1) is 9.17. The van der Waals surface area contributed by atoms with Crippen LogP contribution in [0.1, 0.15) is 17.5 Å². The summed E-state index contributed by atoms with van der Waals surface area (Å²) >= 11 is 0. The molecule has 1 aromatic carbocycles. The topological polar surface area (TPSA) is 56.5 Å². The molecule has 1 fully saturated rings. The number of benzene rings is 1. The van der Waals surface area contributed by atoms with E-state index in [1.54, 1.807) is 7.11 Å². The van der Waals surface area contributed by atoms with Gasteiger partial charge in [-0.3, -0.25) is 4.90 Å². The van der Waals surface area contributed by atoms with Crippen molar-refractivity contribution < 1.29 is 14.2 Å². The van der Waals surface area contributed by atoms with Crippen LogP contribution < -0.4 is 0 Å². The van der Waals surface area contributed by atoms with E-state index in [-0.39, 0.29) is 24.6 Å². The Kier molecular flexibility index (Phi) is 4.48. The fourth-order valence-corrected chi connectivity index (χ4v) is 2.51. The van der Waals surface area contributed by atoms with Gasteiger partial charge in [-0.1, -0.05) is 0 Å². The van der Waals surface area contributed by atoms with Gasteiger partial charge in [-0.15, -0.1) is 0 Å². The maximum Gasteiger partial charge on any atom is 0.123 e. The van der Waals surface area contributed by atoms with Crippen LogP contribution in [-0.4, -0.2) is 42.4 Å². The number of aliphatic hydroxyl groups is 1. The lowest BCUT2D eigenvalue weighted by Gasteiger charge is -2.22. The lowest BCUT2D eigenvalue weighted by molar-refractivity contribution is 0.107. The second-order valence-electron chi connectivity index (χ2n) is 4.77. The number of ether oxygens (including phenoxy) is 1. The summed E-state index contributed by atoms with van der Waals surface area (Å²) in [4.78, 5) is 2.03. The van der Waals surface area contributed by atoms with Gasteiger partial charge in [0.2, 0.25) is 0 Å². The number of rotatable bonds is 4. The lowest BCUT2D eigenvalue weighted by atomic mass is 10.1. The molecule has 0 aliphatic carbocycles. The molecule has 19 heavy (non-hydrogen) atoms. The Hall–Kier alpha value is -1.48. The van der Waals surface area contributed by atoms with Crippen molar-refractivity contribution in [2.24, 2.45) is 0 Å². The smallest absolute Gasteiger partial charge is 0.123 e. The van der Waals surface area contributed by atoms with Gasteiger partial charge in [0.1, 0.15) is 5.82 Å². The molecule has 1 saturated heterocycles. The summed E-state index contributed by atoms with van der Waals surface area (Å²) in [5, 5.41) is 18.4. The van der Waals surface area contributed by atoms with Crippen molar-refractivity contribution in [3.8, 4) is 6.07 Å². The van der Waals surface area contributed by atoms with E-state index in [0.29, 0.717) is 24.2 Å². The average molecular weight is 264 g/mol. The van der Waals surface area contributed by atoms with Crippen LogP contribution in [0.15, 0.2) is 18.2 Å². The van der Waals surface area contributed by atoms with E-state index in [9.17, 15) is 9.50 Å². The minimum absolute atomic E-state index is 0.000222. The molecule has 0 spiro atoms. The fraction of sp³-hybridized carbons (Fsp3) is 0.500. The molecule has 2 atom stereocenters. The summed E-state index contributed by atoms with van der Waals surface area (Å²) in [7, 11) is 1.64. The highest BCUT2D eigenvalue weighted by Gasteiger charge is 2.31. The molecule has 1 N–H and O–H groups in total. The summed E-state index contributed by atoms with van der Waals surface area (Å²) in [6.07, 6.45) is 0.834. The second kappa shape index (κ2) is 6.11. The van der Waals surface area contributed by atoms with Crippen molar-refractivity contribution >= 4 is 0 Å². The van der Waals surface area contributed by atoms with Crippen molar-refractivity contribution in [3.63, 3.8) is 0 Å². The van der Waals surface area contributed by atoms with Crippen LogP contribution in [0.3, 0.4) is 0 Å². The molecular weight excluding hydrogens is 247 g/mol. The number of methoxy groups -OCH3 is 1. The van der Waals surface area contributed by atoms with Crippen molar-refractivity contribution in [1.82, 2.24) is 4.90 Å². The molecule has 0 amide bonds. The molecule has 1 aliphatic rings. The largest absolute Gasteiger partial charge is 0.395 e. The molecule has 102 valence electrons. The Labute approximate surface area is 112 Å². The predicted octanol–water partition coefficient (Wildman–Crippen LogP) is 1.28. The highest BCUT2D eigenvalue weighted by Crippen LogP contribution is 2.23. The highest BCUT2D eigenvalue weighted by molar-refractivity contribution is 5.37. The second-order valence-corrected chi connectivity index (χ2v) is 4.77. The van der Waals surface area contributed by atoms with Gasteiger partial charge in [-0.05, 0) is 30.2 Å². The first kappa shape index (κ1) is 13.9. The SMILES string of the molecule is CO[C@@H]1C[C@@H](CO)N(Cc2cc(F)ccc2C#N)C1. The van der Waals surface area contributed by atoms with Gasteiger partial charge in [0.05, 0.1) is 24.3 Å². The average Bonchev–Trinajstić information content (AvgIpc) is 2.81. The third kappa shape index (κ3) is 3.10. The van der Waals surface area contributed by atoms with Gasteiger partial charge >= 0.3 is 0 Å². The van der Waals surface area contributed by atoms with Crippen LogP contribution in [0.4, 0.5) is 4.39 Å². The third-order valence-corrected chi connectivity index (χ3v) is 3.59. The quantitative estimate of drug-likeness (QED) is 0.890. The highest BCUT2D eigenvalue weighted by atomic mass is 19.1. The zero-order chi connectivity index (χ0) is 13.8. The molecule has 5 heteroatoms. The molecule has 0 bridgehead atoms. The Morgan fingerprint density at radius 2 is 2.37 bits per heavy atom. The van der Waals surface area contributed by atoms with Gasteiger partial charge in [0.25, 0.3) is 0 Å². The van der Waals surface area contributed by atoms with Gasteiger partial charge in [0, 0.05) is 26.2 Å². The van der Waals surface area contributed by atoms with Crippen LogP contribution in [0, 0.1) is 17.1 Å².